The monoisotopic (exact) mass is 910 g/mol. The molecule has 0 aliphatic heterocycles. The Morgan fingerprint density at radius 3 is 0.871 bits per heavy atom. The zero-order chi connectivity index (χ0) is 49.2. The predicted octanol–water partition coefficient (Wildman–Crippen LogP) is 16.5. The summed E-state index contributed by atoms with van der Waals surface area (Å²) in [7, 11) is 0. The van der Waals surface area contributed by atoms with Crippen LogP contribution in [0.25, 0.3) is 87.2 Å². The highest BCUT2D eigenvalue weighted by Crippen LogP contribution is 2.44. The number of aromatic nitrogens is 4. The first-order chi connectivity index (χ1) is 33.5. The summed E-state index contributed by atoms with van der Waals surface area (Å²) in [6.07, 6.45) is 0. The fourth-order valence-electron chi connectivity index (χ4n) is 12.0. The van der Waals surface area contributed by atoms with Gasteiger partial charge in [0.05, 0.1) is 44.1 Å². The fourth-order valence-corrected chi connectivity index (χ4v) is 12.0. The van der Waals surface area contributed by atoms with Crippen LogP contribution in [0.1, 0.15) is 105 Å². The fraction of sp³-hybridized carbons (Fsp3) is 0.303. The largest absolute Gasteiger partial charge is 0.244 e. The molecule has 70 heavy (non-hydrogen) atoms. The average Bonchev–Trinajstić information content (AvgIpc) is 3.31. The van der Waals surface area contributed by atoms with Gasteiger partial charge in [0.15, 0.2) is 0 Å². The second kappa shape index (κ2) is 17.9. The summed E-state index contributed by atoms with van der Waals surface area (Å²) < 4.78 is 0. The molecule has 0 N–H and O–H groups in total. The van der Waals surface area contributed by atoms with Gasteiger partial charge in [-0.3, -0.25) is 0 Å². The molecule has 2 heterocycles. The summed E-state index contributed by atoms with van der Waals surface area (Å²) in [6.45, 7) is 27.6. The predicted molar refractivity (Wildman–Crippen MR) is 298 cm³/mol. The lowest BCUT2D eigenvalue weighted by atomic mass is 9.62. The number of nitrogens with zero attached hydrogens (tertiary/aromatic N) is 4. The lowest BCUT2D eigenvalue weighted by Crippen LogP contribution is -2.37. The lowest BCUT2D eigenvalue weighted by molar-refractivity contribution is 0.123. The van der Waals surface area contributed by atoms with E-state index >= 15 is 0 Å². The zero-order valence-corrected chi connectivity index (χ0v) is 42.8. The van der Waals surface area contributed by atoms with Gasteiger partial charge < -0.3 is 0 Å². The van der Waals surface area contributed by atoms with Gasteiger partial charge in [0.1, 0.15) is 0 Å². The van der Waals surface area contributed by atoms with Crippen LogP contribution >= 0.6 is 0 Å². The van der Waals surface area contributed by atoms with Gasteiger partial charge in [-0.05, 0) is 188 Å². The molecule has 0 bridgehead atoms. The Bertz CT molecular complexity index is 3650. The Morgan fingerprint density at radius 1 is 0.257 bits per heavy atom. The van der Waals surface area contributed by atoms with E-state index in [-0.39, 0.29) is 10.8 Å². The van der Waals surface area contributed by atoms with Crippen LogP contribution in [0.4, 0.5) is 0 Å². The van der Waals surface area contributed by atoms with Crippen LogP contribution in [-0.4, -0.2) is 19.9 Å². The summed E-state index contributed by atoms with van der Waals surface area (Å²) in [5.41, 5.74) is 10.1. The van der Waals surface area contributed by atoms with E-state index in [1.807, 2.05) is 36.4 Å². The summed E-state index contributed by atoms with van der Waals surface area (Å²) in [5.74, 6) is 24.2. The second-order valence-electron chi connectivity index (χ2n) is 21.6. The topological polar surface area (TPSA) is 51.6 Å². The maximum absolute atomic E-state index is 5.05. The molecule has 10 rings (SSSR count). The highest BCUT2D eigenvalue weighted by molar-refractivity contribution is 6.08. The molecule has 2 aromatic heterocycles. The van der Waals surface area contributed by atoms with Gasteiger partial charge in [0, 0.05) is 33.1 Å². The highest BCUT2D eigenvalue weighted by atomic mass is 14.8. The first kappa shape index (κ1) is 46.4. The van der Waals surface area contributed by atoms with E-state index in [9.17, 15) is 0 Å². The number of hydrogen-bond donors (Lipinski definition) is 0. The number of benzene rings is 8. The summed E-state index contributed by atoms with van der Waals surface area (Å²) in [4.78, 5) is 20.1. The number of fused-ring (bicyclic) bond motifs is 8. The van der Waals surface area contributed by atoms with E-state index in [1.54, 1.807) is 0 Å². The number of hydrogen-bond acceptors (Lipinski definition) is 4. The van der Waals surface area contributed by atoms with Crippen molar-refractivity contribution in [3.63, 3.8) is 0 Å². The molecule has 8 aromatic carbocycles. The Hall–Kier alpha value is -7.32. The quantitative estimate of drug-likeness (QED) is 0.123. The summed E-state index contributed by atoms with van der Waals surface area (Å²) in [5, 5.41) is 9.68. The standard InChI is InChI=1S/C66H62N4/c1-39(2)65(40(3)4,41(5)6)25-23-47-16-20-50-32-54-35-55-33-51-27-45(15-19-49(51)31-53(55)36-56(54)34-52(50)28-47)13-14-46-17-21-57-59(29-46)69-63-37-62-64(38-61(63)67-57)70-60-30-48(18-22-58(60)68-62)24-26-66(42(7)8,43(9)10)44(11)12/h15-22,27-44H,1-12H3. The Kier molecular flexibility index (Phi) is 11.9. The van der Waals surface area contributed by atoms with E-state index in [2.05, 4.69) is 204 Å². The molecule has 0 saturated carbocycles. The maximum Gasteiger partial charge on any atom is 0.0917 e. The smallest absolute Gasteiger partial charge is 0.0917 e. The van der Waals surface area contributed by atoms with Gasteiger partial charge in [-0.1, -0.05) is 131 Å². The van der Waals surface area contributed by atoms with Crippen LogP contribution in [0, 0.1) is 81.9 Å². The average molecular weight is 911 g/mol. The molecule has 0 aliphatic carbocycles. The molecule has 0 unspecified atom stereocenters. The molecule has 4 heteroatoms. The van der Waals surface area contributed by atoms with E-state index in [0.29, 0.717) is 35.5 Å². The third kappa shape index (κ3) is 8.27. The highest BCUT2D eigenvalue weighted by Gasteiger charge is 2.39. The van der Waals surface area contributed by atoms with Crippen molar-refractivity contribution >= 4 is 87.2 Å². The molecular weight excluding hydrogens is 849 g/mol. The van der Waals surface area contributed by atoms with Crippen molar-refractivity contribution in [2.75, 3.05) is 0 Å². The van der Waals surface area contributed by atoms with Crippen LogP contribution < -0.4 is 0 Å². The molecule has 346 valence electrons. The van der Waals surface area contributed by atoms with Crippen LogP contribution in [0.5, 0.6) is 0 Å². The van der Waals surface area contributed by atoms with Crippen LogP contribution in [0.2, 0.25) is 0 Å². The minimum absolute atomic E-state index is 0.0333. The van der Waals surface area contributed by atoms with Gasteiger partial charge in [0.2, 0.25) is 0 Å². The SMILES string of the molecule is CC(C)C(C#Cc1ccc2cc3cc4cc5cc(C#Cc6ccc7nc8cc9nc%10cc(C#CC(C(C)C)(C(C)C)C(C)C)ccc%10nc9cc8nc7c6)ccc5cc4cc3cc2c1)(C(C)C)C(C)C. The molecule has 0 atom stereocenters. The van der Waals surface area contributed by atoms with E-state index in [4.69, 9.17) is 19.9 Å². The number of rotatable bonds is 6. The first-order valence-corrected chi connectivity index (χ1v) is 25.3. The van der Waals surface area contributed by atoms with Crippen molar-refractivity contribution in [3.8, 4) is 35.5 Å². The van der Waals surface area contributed by atoms with Crippen LogP contribution in [0.3, 0.4) is 0 Å². The van der Waals surface area contributed by atoms with Crippen molar-refractivity contribution in [3.05, 3.63) is 144 Å². The molecule has 0 aliphatic rings. The Balaban J connectivity index is 0.915. The van der Waals surface area contributed by atoms with E-state index in [0.717, 1.165) is 71.8 Å². The van der Waals surface area contributed by atoms with Gasteiger partial charge >= 0.3 is 0 Å². The molecule has 4 nitrogen and oxygen atoms in total. The summed E-state index contributed by atoms with van der Waals surface area (Å²) in [6, 6.07) is 43.2. The van der Waals surface area contributed by atoms with E-state index < -0.39 is 0 Å². The van der Waals surface area contributed by atoms with Gasteiger partial charge in [-0.2, -0.15) is 0 Å². The minimum atomic E-state index is -0.0771. The van der Waals surface area contributed by atoms with E-state index in [1.165, 1.54) is 37.7 Å². The maximum atomic E-state index is 5.05. The molecular formula is C66H62N4. The minimum Gasteiger partial charge on any atom is -0.244 e. The summed E-state index contributed by atoms with van der Waals surface area (Å²) >= 11 is 0. The Morgan fingerprint density at radius 2 is 0.514 bits per heavy atom. The van der Waals surface area contributed by atoms with Gasteiger partial charge in [0.25, 0.3) is 0 Å². The zero-order valence-electron chi connectivity index (χ0n) is 42.8. The molecule has 10 aromatic rings. The van der Waals surface area contributed by atoms with Crippen molar-refractivity contribution in [1.29, 1.82) is 0 Å². The van der Waals surface area contributed by atoms with Crippen molar-refractivity contribution in [2.45, 2.75) is 83.1 Å². The molecule has 0 amide bonds. The molecule has 0 radical (unpaired) electrons. The molecule has 0 saturated heterocycles. The van der Waals surface area contributed by atoms with Crippen molar-refractivity contribution in [1.82, 2.24) is 19.9 Å². The third-order valence-corrected chi connectivity index (χ3v) is 15.6. The van der Waals surface area contributed by atoms with Crippen molar-refractivity contribution < 1.29 is 0 Å². The lowest BCUT2D eigenvalue weighted by Gasteiger charge is -2.40. The van der Waals surface area contributed by atoms with Crippen LogP contribution in [-0.2, 0) is 0 Å². The van der Waals surface area contributed by atoms with Crippen LogP contribution in [0.15, 0.2) is 121 Å². The second-order valence-corrected chi connectivity index (χ2v) is 21.6. The molecule has 0 spiro atoms. The molecule has 0 fully saturated rings. The Labute approximate surface area is 413 Å². The van der Waals surface area contributed by atoms with Gasteiger partial charge in [-0.15, -0.1) is 0 Å². The first-order valence-electron chi connectivity index (χ1n) is 25.3. The van der Waals surface area contributed by atoms with Crippen molar-refractivity contribution in [2.24, 2.45) is 46.3 Å². The van der Waals surface area contributed by atoms with Gasteiger partial charge in [-0.25, -0.2) is 19.9 Å². The third-order valence-electron chi connectivity index (χ3n) is 15.6. The normalized spacial score (nSPS) is 12.4.